The Balaban J connectivity index is 2.20. The minimum atomic E-state index is -3.62. The van der Waals surface area contributed by atoms with Gasteiger partial charge in [0, 0.05) is 18.1 Å². The van der Waals surface area contributed by atoms with Crippen LogP contribution in [0.15, 0.2) is 39.3 Å². The lowest BCUT2D eigenvalue weighted by atomic mass is 10.3. The van der Waals surface area contributed by atoms with Gasteiger partial charge in [-0.15, -0.1) is 0 Å². The first-order valence-corrected chi connectivity index (χ1v) is 7.82. The zero-order valence-electron chi connectivity index (χ0n) is 10.1. The van der Waals surface area contributed by atoms with E-state index in [-0.39, 0.29) is 16.3 Å². The molecule has 0 spiro atoms. The van der Waals surface area contributed by atoms with Gasteiger partial charge in [-0.05, 0) is 12.1 Å². The molecule has 0 saturated heterocycles. The van der Waals surface area contributed by atoms with Gasteiger partial charge in [-0.25, -0.2) is 13.1 Å². The Hall–Kier alpha value is -1.64. The molecule has 2 aromatic rings. The van der Waals surface area contributed by atoms with Crippen LogP contribution in [0.25, 0.3) is 0 Å². The summed E-state index contributed by atoms with van der Waals surface area (Å²) in [6, 6.07) is 6.61. The molecule has 1 aromatic heterocycles. The molecule has 0 aliphatic carbocycles. The van der Waals surface area contributed by atoms with Crippen LogP contribution in [-0.4, -0.2) is 20.4 Å². The van der Waals surface area contributed by atoms with Crippen LogP contribution in [0.2, 0.25) is 0 Å². The van der Waals surface area contributed by atoms with Crippen LogP contribution in [0.4, 0.5) is 5.69 Å². The molecule has 0 unspecified atom stereocenters. The molecule has 0 amide bonds. The van der Waals surface area contributed by atoms with Crippen molar-refractivity contribution in [1.29, 1.82) is 0 Å². The van der Waals surface area contributed by atoms with Crippen molar-refractivity contribution in [3.63, 3.8) is 0 Å². The molecule has 0 atom stereocenters. The quantitative estimate of drug-likeness (QED) is 0.767. The molecule has 0 radical (unpaired) electrons. The van der Waals surface area contributed by atoms with E-state index in [0.717, 1.165) is 11.3 Å². The maximum atomic E-state index is 12.2. The number of nitrogens with one attached hydrogen (secondary N) is 3. The summed E-state index contributed by atoms with van der Waals surface area (Å²) in [6.45, 7) is 0.0547. The van der Waals surface area contributed by atoms with E-state index in [1.54, 1.807) is 30.6 Å². The van der Waals surface area contributed by atoms with E-state index in [0.29, 0.717) is 11.4 Å². The van der Waals surface area contributed by atoms with E-state index >= 15 is 0 Å². The maximum absolute atomic E-state index is 12.2. The molecule has 19 heavy (non-hydrogen) atoms. The molecular formula is C11H13N3O3S2. The Kier molecular flexibility index (Phi) is 4.03. The standard InChI is InChI=1S/C11H13N3O3S2/c1-12-9-4-2-3-5-10(9)19(16,17)13-6-8-7-18-11(15)14-8/h2-5,7,12-13H,6H2,1H3,(H,14,15). The van der Waals surface area contributed by atoms with Gasteiger partial charge in [-0.1, -0.05) is 23.5 Å². The van der Waals surface area contributed by atoms with Gasteiger partial charge >= 0.3 is 4.87 Å². The number of sulfonamides is 1. The number of para-hydroxylation sites is 1. The van der Waals surface area contributed by atoms with Crippen molar-refractivity contribution in [1.82, 2.24) is 9.71 Å². The van der Waals surface area contributed by atoms with E-state index < -0.39 is 10.0 Å². The van der Waals surface area contributed by atoms with Gasteiger partial charge in [0.25, 0.3) is 0 Å². The summed E-state index contributed by atoms with van der Waals surface area (Å²) in [5.41, 5.74) is 1.06. The molecule has 1 heterocycles. The smallest absolute Gasteiger partial charge is 0.304 e. The highest BCUT2D eigenvalue weighted by Crippen LogP contribution is 2.19. The summed E-state index contributed by atoms with van der Waals surface area (Å²) < 4.78 is 26.8. The van der Waals surface area contributed by atoms with Crippen molar-refractivity contribution in [2.75, 3.05) is 12.4 Å². The molecule has 0 aliphatic rings. The minimum absolute atomic E-state index is 0.0547. The van der Waals surface area contributed by atoms with Gasteiger partial charge in [0.1, 0.15) is 4.90 Å². The molecular weight excluding hydrogens is 286 g/mol. The number of aromatic amines is 1. The number of aromatic nitrogens is 1. The third-order valence-corrected chi connectivity index (χ3v) is 4.65. The first-order valence-electron chi connectivity index (χ1n) is 5.46. The van der Waals surface area contributed by atoms with Crippen molar-refractivity contribution in [2.45, 2.75) is 11.4 Å². The second-order valence-electron chi connectivity index (χ2n) is 3.74. The molecule has 0 fully saturated rings. The normalized spacial score (nSPS) is 11.4. The number of anilines is 1. The van der Waals surface area contributed by atoms with E-state index in [2.05, 4.69) is 15.0 Å². The minimum Gasteiger partial charge on any atom is -0.387 e. The average Bonchev–Trinajstić information content (AvgIpc) is 2.82. The number of H-pyrrole nitrogens is 1. The van der Waals surface area contributed by atoms with E-state index in [1.807, 2.05) is 0 Å². The Labute approximate surface area is 114 Å². The van der Waals surface area contributed by atoms with Crippen molar-refractivity contribution >= 4 is 27.0 Å². The van der Waals surface area contributed by atoms with Gasteiger partial charge in [-0.3, -0.25) is 4.79 Å². The van der Waals surface area contributed by atoms with Gasteiger partial charge in [0.2, 0.25) is 10.0 Å². The predicted octanol–water partition coefficient (Wildman–Crippen LogP) is 0.957. The van der Waals surface area contributed by atoms with Crippen LogP contribution in [0.5, 0.6) is 0 Å². The summed E-state index contributed by atoms with van der Waals surface area (Å²) >= 11 is 1.00. The summed E-state index contributed by atoms with van der Waals surface area (Å²) in [7, 11) is -1.96. The number of rotatable bonds is 5. The van der Waals surface area contributed by atoms with Crippen molar-refractivity contribution in [3.05, 3.63) is 45.0 Å². The Morgan fingerprint density at radius 3 is 2.68 bits per heavy atom. The molecule has 1 aromatic carbocycles. The van der Waals surface area contributed by atoms with Crippen LogP contribution >= 0.6 is 11.3 Å². The zero-order valence-corrected chi connectivity index (χ0v) is 11.8. The first kappa shape index (κ1) is 13.8. The van der Waals surface area contributed by atoms with Crippen LogP contribution in [0.1, 0.15) is 5.69 Å². The van der Waals surface area contributed by atoms with Crippen molar-refractivity contribution in [3.8, 4) is 0 Å². The monoisotopic (exact) mass is 299 g/mol. The molecule has 0 bridgehead atoms. The second kappa shape index (κ2) is 5.55. The number of thiazole rings is 1. The van der Waals surface area contributed by atoms with Crippen LogP contribution < -0.4 is 14.9 Å². The summed E-state index contributed by atoms with van der Waals surface area (Å²) in [5, 5.41) is 4.42. The molecule has 3 N–H and O–H groups in total. The van der Waals surface area contributed by atoms with Crippen molar-refractivity contribution < 1.29 is 8.42 Å². The van der Waals surface area contributed by atoms with Gasteiger partial charge in [0.05, 0.1) is 12.2 Å². The highest BCUT2D eigenvalue weighted by atomic mass is 32.2. The second-order valence-corrected chi connectivity index (χ2v) is 6.32. The molecule has 102 valence electrons. The van der Waals surface area contributed by atoms with E-state index in [9.17, 15) is 13.2 Å². The summed E-state index contributed by atoms with van der Waals surface area (Å²) in [5.74, 6) is 0. The zero-order chi connectivity index (χ0) is 13.9. The molecule has 2 rings (SSSR count). The first-order chi connectivity index (χ1) is 9.03. The fourth-order valence-electron chi connectivity index (χ4n) is 1.56. The average molecular weight is 299 g/mol. The highest BCUT2D eigenvalue weighted by Gasteiger charge is 2.17. The molecule has 6 nitrogen and oxygen atoms in total. The topological polar surface area (TPSA) is 91.1 Å². The fourth-order valence-corrected chi connectivity index (χ4v) is 3.36. The molecule has 8 heteroatoms. The molecule has 0 saturated carbocycles. The molecule has 0 aliphatic heterocycles. The third-order valence-electron chi connectivity index (χ3n) is 2.47. The van der Waals surface area contributed by atoms with Gasteiger partial charge in [0.15, 0.2) is 0 Å². The van der Waals surface area contributed by atoms with Crippen LogP contribution in [0.3, 0.4) is 0 Å². The van der Waals surface area contributed by atoms with Crippen molar-refractivity contribution in [2.24, 2.45) is 0 Å². The van der Waals surface area contributed by atoms with E-state index in [4.69, 9.17) is 0 Å². The highest BCUT2D eigenvalue weighted by molar-refractivity contribution is 7.89. The number of hydrogen-bond donors (Lipinski definition) is 3. The lowest BCUT2D eigenvalue weighted by Crippen LogP contribution is -2.24. The van der Waals surface area contributed by atoms with Crippen LogP contribution in [0, 0.1) is 0 Å². The Morgan fingerprint density at radius 1 is 1.32 bits per heavy atom. The number of benzene rings is 1. The van der Waals surface area contributed by atoms with Gasteiger partial charge < -0.3 is 10.3 Å². The van der Waals surface area contributed by atoms with Gasteiger partial charge in [-0.2, -0.15) is 0 Å². The third kappa shape index (κ3) is 3.22. The fraction of sp³-hybridized carbons (Fsp3) is 0.182. The lowest BCUT2D eigenvalue weighted by molar-refractivity contribution is 0.581. The van der Waals surface area contributed by atoms with Crippen LogP contribution in [-0.2, 0) is 16.6 Å². The van der Waals surface area contributed by atoms with E-state index in [1.165, 1.54) is 6.07 Å². The predicted molar refractivity (Wildman–Crippen MR) is 75.0 cm³/mol. The summed E-state index contributed by atoms with van der Waals surface area (Å²) in [6.07, 6.45) is 0. The Bertz CT molecular complexity index is 719. The summed E-state index contributed by atoms with van der Waals surface area (Å²) in [4.78, 5) is 13.5. The largest absolute Gasteiger partial charge is 0.387 e. The number of hydrogen-bond acceptors (Lipinski definition) is 5. The maximum Gasteiger partial charge on any atom is 0.304 e. The Morgan fingerprint density at radius 2 is 2.05 bits per heavy atom. The SMILES string of the molecule is CNc1ccccc1S(=O)(=O)NCc1csc(=O)[nH]1. The lowest BCUT2D eigenvalue weighted by Gasteiger charge is -2.10.